The van der Waals surface area contributed by atoms with Crippen molar-refractivity contribution in [2.45, 2.75) is 57.3 Å². The molecule has 10 N–H and O–H groups in total. The molecule has 0 aliphatic carbocycles. The van der Waals surface area contributed by atoms with Crippen LogP contribution < -0.4 is 27.4 Å². The summed E-state index contributed by atoms with van der Waals surface area (Å²) in [6, 6.07) is -5.92. The first-order valence-electron chi connectivity index (χ1n) is 9.28. The Hall–Kier alpha value is -3.26. The maximum Gasteiger partial charge on any atom is 0.328 e. The van der Waals surface area contributed by atoms with Crippen molar-refractivity contribution in [3.63, 3.8) is 0 Å². The van der Waals surface area contributed by atoms with E-state index in [-0.39, 0.29) is 12.3 Å². The fraction of sp³-hybridized carbons (Fsp3) is 0.647. The van der Waals surface area contributed by atoms with Gasteiger partial charge in [0.1, 0.15) is 18.1 Å². The molecule has 0 saturated heterocycles. The van der Waals surface area contributed by atoms with E-state index in [1.807, 2.05) is 0 Å². The number of nitrogens with one attached hydrogen (secondary N) is 3. The van der Waals surface area contributed by atoms with Crippen LogP contribution in [0.15, 0.2) is 0 Å². The van der Waals surface area contributed by atoms with Crippen LogP contribution in [0.5, 0.6) is 0 Å². The van der Waals surface area contributed by atoms with Crippen molar-refractivity contribution < 1.29 is 44.1 Å². The largest absolute Gasteiger partial charge is 0.481 e. The highest BCUT2D eigenvalue weighted by molar-refractivity contribution is 5.96. The molecule has 4 atom stereocenters. The van der Waals surface area contributed by atoms with Crippen molar-refractivity contribution in [3.05, 3.63) is 0 Å². The van der Waals surface area contributed by atoms with Crippen molar-refractivity contribution >= 4 is 35.6 Å². The van der Waals surface area contributed by atoms with Gasteiger partial charge in [-0.3, -0.25) is 24.0 Å². The molecule has 0 aromatic carbocycles. The molecular weight excluding hydrogens is 418 g/mol. The van der Waals surface area contributed by atoms with Gasteiger partial charge in [-0.1, -0.05) is 13.8 Å². The average molecular weight is 447 g/mol. The number of amides is 4. The molecule has 0 radical (unpaired) electrons. The van der Waals surface area contributed by atoms with Crippen LogP contribution in [-0.2, 0) is 28.8 Å². The predicted octanol–water partition coefficient (Wildman–Crippen LogP) is -3.76. The Morgan fingerprint density at radius 1 is 0.806 bits per heavy atom. The zero-order valence-corrected chi connectivity index (χ0v) is 17.2. The number of hydrogen-bond donors (Lipinski definition) is 8. The highest BCUT2D eigenvalue weighted by Crippen LogP contribution is 2.07. The van der Waals surface area contributed by atoms with E-state index >= 15 is 0 Å². The van der Waals surface area contributed by atoms with E-state index in [0.29, 0.717) is 0 Å². The molecule has 0 rings (SSSR count). The second-order valence-corrected chi connectivity index (χ2v) is 7.21. The number of carbonyl (C=O) groups excluding carboxylic acids is 4. The summed E-state index contributed by atoms with van der Waals surface area (Å²) in [7, 11) is 0. The van der Waals surface area contributed by atoms with Gasteiger partial charge in [0.2, 0.25) is 23.6 Å². The Morgan fingerprint density at radius 2 is 1.29 bits per heavy atom. The number of carbonyl (C=O) groups is 6. The summed E-state index contributed by atoms with van der Waals surface area (Å²) in [5, 5.41) is 33.2. The lowest BCUT2D eigenvalue weighted by Gasteiger charge is -2.25. The molecule has 0 heterocycles. The zero-order valence-electron chi connectivity index (χ0n) is 17.2. The molecule has 14 nitrogen and oxygen atoms in total. The summed E-state index contributed by atoms with van der Waals surface area (Å²) in [5.74, 6) is -6.88. The number of aliphatic hydroxyl groups is 1. The fourth-order valence-electron chi connectivity index (χ4n) is 2.40. The number of primary amides is 1. The molecule has 0 fully saturated rings. The van der Waals surface area contributed by atoms with E-state index in [4.69, 9.17) is 26.8 Å². The molecule has 0 spiro atoms. The van der Waals surface area contributed by atoms with Gasteiger partial charge < -0.3 is 42.7 Å². The van der Waals surface area contributed by atoms with E-state index in [1.54, 1.807) is 13.8 Å². The number of hydrogen-bond acceptors (Lipinski definition) is 8. The molecule has 14 heteroatoms. The van der Waals surface area contributed by atoms with Crippen LogP contribution in [0.4, 0.5) is 0 Å². The lowest BCUT2D eigenvalue weighted by atomic mass is 10.0. The molecule has 0 aromatic heterocycles. The van der Waals surface area contributed by atoms with Crippen LogP contribution in [0.3, 0.4) is 0 Å². The highest BCUT2D eigenvalue weighted by atomic mass is 16.4. The lowest BCUT2D eigenvalue weighted by molar-refractivity contribution is -0.143. The second kappa shape index (κ2) is 13.1. The Morgan fingerprint density at radius 3 is 1.71 bits per heavy atom. The third kappa shape index (κ3) is 10.9. The van der Waals surface area contributed by atoms with Crippen LogP contribution in [-0.4, -0.2) is 81.7 Å². The molecule has 176 valence electrons. The maximum absolute atomic E-state index is 12.6. The van der Waals surface area contributed by atoms with Crippen LogP contribution >= 0.6 is 0 Å². The van der Waals surface area contributed by atoms with Crippen molar-refractivity contribution in [2.75, 3.05) is 6.61 Å². The van der Waals surface area contributed by atoms with Gasteiger partial charge >= 0.3 is 11.9 Å². The second-order valence-electron chi connectivity index (χ2n) is 7.21. The highest BCUT2D eigenvalue weighted by Gasteiger charge is 2.31. The molecule has 0 aromatic rings. The molecule has 0 bridgehead atoms. The first kappa shape index (κ1) is 27.7. The minimum absolute atomic E-state index is 0.0606. The summed E-state index contributed by atoms with van der Waals surface area (Å²) in [6.07, 6.45) is -1.33. The molecule has 4 unspecified atom stereocenters. The van der Waals surface area contributed by atoms with Crippen LogP contribution in [0.25, 0.3) is 0 Å². The number of carboxylic acid groups (broad SMARTS) is 2. The van der Waals surface area contributed by atoms with E-state index in [9.17, 15) is 28.8 Å². The summed E-state index contributed by atoms with van der Waals surface area (Å²) in [6.45, 7) is 2.56. The Labute approximate surface area is 177 Å². The fourth-order valence-corrected chi connectivity index (χ4v) is 2.40. The van der Waals surface area contributed by atoms with Gasteiger partial charge in [0.15, 0.2) is 0 Å². The normalized spacial score (nSPS) is 14.6. The monoisotopic (exact) mass is 447 g/mol. The molecule has 0 aliphatic heterocycles. The van der Waals surface area contributed by atoms with Crippen LogP contribution in [0.2, 0.25) is 0 Å². The van der Waals surface area contributed by atoms with Gasteiger partial charge in [-0.05, 0) is 12.3 Å². The molecule has 31 heavy (non-hydrogen) atoms. The van der Waals surface area contributed by atoms with Gasteiger partial charge in [-0.15, -0.1) is 0 Å². The van der Waals surface area contributed by atoms with Gasteiger partial charge in [-0.25, -0.2) is 4.79 Å². The number of nitrogens with two attached hydrogens (primary N) is 2. The van der Waals surface area contributed by atoms with Gasteiger partial charge in [0.05, 0.1) is 25.5 Å². The van der Waals surface area contributed by atoms with Crippen molar-refractivity contribution in [1.29, 1.82) is 0 Å². The first-order valence-corrected chi connectivity index (χ1v) is 9.28. The predicted molar refractivity (Wildman–Crippen MR) is 104 cm³/mol. The molecule has 0 aliphatic rings. The molecule has 0 saturated carbocycles. The van der Waals surface area contributed by atoms with E-state index in [2.05, 4.69) is 16.0 Å². The van der Waals surface area contributed by atoms with Crippen molar-refractivity contribution in [3.8, 4) is 0 Å². The third-order valence-electron chi connectivity index (χ3n) is 3.91. The number of aliphatic hydroxyl groups excluding tert-OH is 1. The van der Waals surface area contributed by atoms with Gasteiger partial charge in [0.25, 0.3) is 0 Å². The van der Waals surface area contributed by atoms with Crippen molar-refractivity contribution in [1.82, 2.24) is 16.0 Å². The minimum Gasteiger partial charge on any atom is -0.481 e. The Balaban J connectivity index is 5.45. The summed E-state index contributed by atoms with van der Waals surface area (Å²) in [5.41, 5.74) is 10.5. The average Bonchev–Trinajstić information content (AvgIpc) is 2.62. The SMILES string of the molecule is CC(C)CC(NC(=O)C(CC(N)=O)NC(=O)C(N)CC(=O)O)C(=O)NC(CO)C(=O)O. The Kier molecular flexibility index (Phi) is 11.7. The molecular formula is C17H29N5O9. The van der Waals surface area contributed by atoms with Gasteiger partial charge in [0, 0.05) is 0 Å². The zero-order chi connectivity index (χ0) is 24.3. The lowest BCUT2D eigenvalue weighted by Crippen LogP contribution is -2.58. The van der Waals surface area contributed by atoms with E-state index in [0.717, 1.165) is 0 Å². The van der Waals surface area contributed by atoms with E-state index < -0.39 is 79.2 Å². The van der Waals surface area contributed by atoms with Crippen LogP contribution in [0, 0.1) is 5.92 Å². The third-order valence-corrected chi connectivity index (χ3v) is 3.91. The Bertz CT molecular complexity index is 697. The summed E-state index contributed by atoms with van der Waals surface area (Å²) in [4.78, 5) is 70.0. The standard InChI is InChI=1S/C17H29N5O9/c1-7(2)3-9(15(28)22-11(6-23)17(30)31)21-16(29)10(5-12(19)24)20-14(27)8(18)4-13(25)26/h7-11,23H,3-6,18H2,1-2H3,(H2,19,24)(H,20,27)(H,21,29)(H,22,28)(H,25,26)(H,30,31). The quantitative estimate of drug-likeness (QED) is 0.129. The first-order chi connectivity index (χ1) is 14.3. The van der Waals surface area contributed by atoms with Gasteiger partial charge in [-0.2, -0.15) is 0 Å². The topological polar surface area (TPSA) is 251 Å². The summed E-state index contributed by atoms with van der Waals surface area (Å²) >= 11 is 0. The molecule has 4 amide bonds. The van der Waals surface area contributed by atoms with E-state index in [1.165, 1.54) is 0 Å². The minimum atomic E-state index is -1.60. The van der Waals surface area contributed by atoms with Crippen LogP contribution in [0.1, 0.15) is 33.1 Å². The number of carboxylic acids is 2. The van der Waals surface area contributed by atoms with Crippen molar-refractivity contribution in [2.24, 2.45) is 17.4 Å². The number of aliphatic carboxylic acids is 2. The smallest absolute Gasteiger partial charge is 0.328 e. The number of rotatable bonds is 14. The maximum atomic E-state index is 12.6. The summed E-state index contributed by atoms with van der Waals surface area (Å²) < 4.78 is 0.